The van der Waals surface area contributed by atoms with E-state index < -0.39 is 18.2 Å². The van der Waals surface area contributed by atoms with Crippen LogP contribution in [0, 0.1) is 0 Å². The third-order valence-electron chi connectivity index (χ3n) is 3.63. The van der Waals surface area contributed by atoms with Crippen LogP contribution in [0.15, 0.2) is 18.2 Å². The molecule has 0 aliphatic carbocycles. The Morgan fingerprint density at radius 3 is 2.74 bits per heavy atom. The highest BCUT2D eigenvalue weighted by Crippen LogP contribution is 2.26. The monoisotopic (exact) mass is 379 g/mol. The van der Waals surface area contributed by atoms with Gasteiger partial charge in [-0.3, -0.25) is 4.79 Å². The number of rotatable bonds is 5. The van der Waals surface area contributed by atoms with Gasteiger partial charge < -0.3 is 10.0 Å². The lowest BCUT2D eigenvalue weighted by Crippen LogP contribution is -2.51. The summed E-state index contributed by atoms with van der Waals surface area (Å²) < 4.78 is 13.5. The van der Waals surface area contributed by atoms with Gasteiger partial charge in [-0.15, -0.1) is 11.8 Å². The van der Waals surface area contributed by atoms with E-state index in [1.165, 1.54) is 11.8 Å². The van der Waals surface area contributed by atoms with E-state index in [-0.39, 0.29) is 31.0 Å². The second kappa shape index (κ2) is 8.22. The quantitative estimate of drug-likeness (QED) is 0.848. The molecule has 0 aromatic heterocycles. The summed E-state index contributed by atoms with van der Waals surface area (Å²) in [5.41, 5.74) is 0.839. The van der Waals surface area contributed by atoms with Crippen molar-refractivity contribution >= 4 is 46.8 Å². The molecule has 1 saturated heterocycles. The summed E-state index contributed by atoms with van der Waals surface area (Å²) in [7, 11) is 0. The van der Waals surface area contributed by atoms with Crippen molar-refractivity contribution in [1.29, 1.82) is 0 Å². The average Bonchev–Trinajstić information content (AvgIpc) is 2.48. The normalized spacial score (nSPS) is 21.3. The molecule has 1 N–H and O–H groups in total. The number of benzene rings is 1. The fourth-order valence-electron chi connectivity index (χ4n) is 2.43. The van der Waals surface area contributed by atoms with Gasteiger partial charge in [0.25, 0.3) is 0 Å². The van der Waals surface area contributed by atoms with Gasteiger partial charge in [0.05, 0.1) is 12.3 Å². The third kappa shape index (κ3) is 4.99. The third-order valence-corrected chi connectivity index (χ3v) is 5.18. The first-order chi connectivity index (χ1) is 10.9. The Labute approximate surface area is 147 Å². The highest BCUT2D eigenvalue weighted by molar-refractivity contribution is 7.99. The van der Waals surface area contributed by atoms with E-state index in [2.05, 4.69) is 0 Å². The minimum Gasteiger partial charge on any atom is -0.480 e. The van der Waals surface area contributed by atoms with E-state index in [9.17, 15) is 14.0 Å². The topological polar surface area (TPSA) is 57.6 Å². The van der Waals surface area contributed by atoms with Crippen molar-refractivity contribution in [2.75, 3.05) is 12.3 Å². The second-order valence-corrected chi connectivity index (χ2v) is 7.13. The molecule has 1 heterocycles. The molecule has 0 spiro atoms. The number of likely N-dealkylation sites (tertiary alicyclic amines) is 1. The number of hydrogen-bond acceptors (Lipinski definition) is 3. The molecule has 1 aromatic rings. The van der Waals surface area contributed by atoms with E-state index >= 15 is 0 Å². The summed E-state index contributed by atoms with van der Waals surface area (Å²) in [6, 6.07) is 4.18. The smallest absolute Gasteiger partial charge is 0.326 e. The predicted molar refractivity (Wildman–Crippen MR) is 89.9 cm³/mol. The van der Waals surface area contributed by atoms with Gasteiger partial charge in [-0.2, -0.15) is 0 Å². The Morgan fingerprint density at radius 1 is 1.35 bits per heavy atom. The zero-order valence-corrected chi connectivity index (χ0v) is 14.5. The fraction of sp³-hybridized carbons (Fsp3) is 0.467. The maximum absolute atomic E-state index is 13.5. The Bertz CT molecular complexity index is 602. The molecule has 1 aliphatic heterocycles. The largest absolute Gasteiger partial charge is 0.480 e. The number of amides is 1. The Hall–Kier alpha value is -0.980. The van der Waals surface area contributed by atoms with Gasteiger partial charge in [-0.25, -0.2) is 9.18 Å². The number of hydrogen-bond donors (Lipinski definition) is 1. The summed E-state index contributed by atoms with van der Waals surface area (Å²) in [6.45, 7) is -0.155. The van der Waals surface area contributed by atoms with Gasteiger partial charge in [0, 0.05) is 15.8 Å². The summed E-state index contributed by atoms with van der Waals surface area (Å²) in [5, 5.41) is 10.2. The van der Waals surface area contributed by atoms with Crippen molar-refractivity contribution in [2.45, 2.75) is 30.8 Å². The molecule has 1 aliphatic rings. The summed E-state index contributed by atoms with van der Waals surface area (Å²) in [4.78, 5) is 24.5. The molecule has 2 atom stereocenters. The zero-order valence-electron chi connectivity index (χ0n) is 12.2. The zero-order chi connectivity index (χ0) is 17.0. The Balaban J connectivity index is 1.91. The lowest BCUT2D eigenvalue weighted by molar-refractivity contribution is -0.152. The molecule has 1 aromatic carbocycles. The molecule has 126 valence electrons. The highest BCUT2D eigenvalue weighted by atomic mass is 35.5. The van der Waals surface area contributed by atoms with E-state index in [4.69, 9.17) is 28.3 Å². The maximum atomic E-state index is 13.5. The van der Waals surface area contributed by atoms with Gasteiger partial charge in [0.2, 0.25) is 5.91 Å². The van der Waals surface area contributed by atoms with Gasteiger partial charge in [0.15, 0.2) is 0 Å². The first-order valence-corrected chi connectivity index (χ1v) is 8.97. The van der Waals surface area contributed by atoms with Crippen LogP contribution in [0.1, 0.15) is 18.4 Å². The van der Waals surface area contributed by atoms with Crippen LogP contribution < -0.4 is 0 Å². The van der Waals surface area contributed by atoms with Crippen LogP contribution in [-0.4, -0.2) is 46.4 Å². The molecule has 0 bridgehead atoms. The highest BCUT2D eigenvalue weighted by Gasteiger charge is 2.35. The lowest BCUT2D eigenvalue weighted by atomic mass is 10.0. The summed E-state index contributed by atoms with van der Waals surface area (Å²) in [5.74, 6) is -0.882. The number of piperidine rings is 1. The van der Waals surface area contributed by atoms with Crippen molar-refractivity contribution in [3.05, 3.63) is 33.8 Å². The van der Waals surface area contributed by atoms with Crippen LogP contribution in [-0.2, 0) is 15.3 Å². The van der Waals surface area contributed by atoms with Crippen molar-refractivity contribution in [1.82, 2.24) is 4.90 Å². The number of carboxylic acid groups (broad SMARTS) is 1. The van der Waals surface area contributed by atoms with Crippen LogP contribution in [0.4, 0.5) is 4.39 Å². The minimum atomic E-state index is -1.16. The molecular formula is C15H16Cl2FNO3S. The van der Waals surface area contributed by atoms with Crippen LogP contribution in [0.3, 0.4) is 0 Å². The number of alkyl halides is 1. The number of carbonyl (C=O) groups is 2. The first kappa shape index (κ1) is 18.4. The molecule has 8 heteroatoms. The molecule has 23 heavy (non-hydrogen) atoms. The molecule has 1 amide bonds. The van der Waals surface area contributed by atoms with E-state index in [0.717, 1.165) is 10.5 Å². The van der Waals surface area contributed by atoms with Crippen LogP contribution in [0.25, 0.3) is 0 Å². The van der Waals surface area contributed by atoms with E-state index in [1.807, 2.05) is 0 Å². The Morgan fingerprint density at radius 2 is 2.09 bits per heavy atom. The molecule has 4 nitrogen and oxygen atoms in total. The standard InChI is InChI=1S/C15H16Cl2FNO3S/c16-10-2-1-9(12(17)5-10)7-23-8-14(20)19-6-11(18)3-4-13(19)15(21)22/h1-2,5,11,13H,3-4,6-8H2,(H,21,22). The van der Waals surface area contributed by atoms with E-state index in [1.54, 1.807) is 18.2 Å². The summed E-state index contributed by atoms with van der Waals surface area (Å²) in [6.07, 6.45) is -0.838. The lowest BCUT2D eigenvalue weighted by Gasteiger charge is -2.34. The van der Waals surface area contributed by atoms with Crippen LogP contribution in [0.5, 0.6) is 0 Å². The number of thioether (sulfide) groups is 1. The second-order valence-electron chi connectivity index (χ2n) is 5.30. The van der Waals surface area contributed by atoms with Gasteiger partial charge >= 0.3 is 5.97 Å². The van der Waals surface area contributed by atoms with Gasteiger partial charge in [-0.1, -0.05) is 29.3 Å². The number of nitrogens with zero attached hydrogens (tertiary/aromatic N) is 1. The molecule has 1 fully saturated rings. The van der Waals surface area contributed by atoms with Crippen molar-refractivity contribution in [2.24, 2.45) is 0 Å². The Kier molecular flexibility index (Phi) is 6.56. The van der Waals surface area contributed by atoms with Crippen molar-refractivity contribution < 1.29 is 19.1 Å². The number of aliphatic carboxylic acids is 1. The minimum absolute atomic E-state index is 0.0788. The average molecular weight is 380 g/mol. The first-order valence-electron chi connectivity index (χ1n) is 7.06. The van der Waals surface area contributed by atoms with E-state index in [0.29, 0.717) is 15.8 Å². The van der Waals surface area contributed by atoms with Crippen molar-refractivity contribution in [3.8, 4) is 0 Å². The molecule has 2 rings (SSSR count). The number of carbonyl (C=O) groups excluding carboxylic acids is 1. The molecule has 2 unspecified atom stereocenters. The molecule has 0 saturated carbocycles. The number of halogens is 3. The summed E-state index contributed by atoms with van der Waals surface area (Å²) >= 11 is 13.2. The van der Waals surface area contributed by atoms with Gasteiger partial charge in [0.1, 0.15) is 12.2 Å². The predicted octanol–water partition coefficient (Wildman–Crippen LogP) is 3.64. The fourth-order valence-corrected chi connectivity index (χ4v) is 3.90. The van der Waals surface area contributed by atoms with Crippen molar-refractivity contribution in [3.63, 3.8) is 0 Å². The van der Waals surface area contributed by atoms with Crippen LogP contribution in [0.2, 0.25) is 10.0 Å². The molecule has 0 radical (unpaired) electrons. The maximum Gasteiger partial charge on any atom is 0.326 e. The van der Waals surface area contributed by atoms with Gasteiger partial charge in [-0.05, 0) is 30.5 Å². The number of carboxylic acids is 1. The molecular weight excluding hydrogens is 364 g/mol. The SMILES string of the molecule is O=C(O)C1CCC(F)CN1C(=O)CSCc1ccc(Cl)cc1Cl. The van der Waals surface area contributed by atoms with Crippen LogP contribution >= 0.6 is 35.0 Å².